The Labute approximate surface area is 115 Å². The van der Waals surface area contributed by atoms with E-state index in [0.717, 1.165) is 12.1 Å². The van der Waals surface area contributed by atoms with Crippen LogP contribution in [0.3, 0.4) is 0 Å². The summed E-state index contributed by atoms with van der Waals surface area (Å²) in [7, 11) is 0. The molecule has 0 heterocycles. The van der Waals surface area contributed by atoms with Gasteiger partial charge in [-0.1, -0.05) is 26.0 Å². The second kappa shape index (κ2) is 6.49. The molecule has 0 radical (unpaired) electrons. The van der Waals surface area contributed by atoms with Gasteiger partial charge in [-0.05, 0) is 43.4 Å². The van der Waals surface area contributed by atoms with Crippen molar-refractivity contribution >= 4 is 0 Å². The second-order valence-corrected chi connectivity index (χ2v) is 5.81. The first kappa shape index (κ1) is 14.5. The summed E-state index contributed by atoms with van der Waals surface area (Å²) in [4.78, 5) is 0. The van der Waals surface area contributed by atoms with Crippen molar-refractivity contribution < 1.29 is 9.13 Å². The number of rotatable bonds is 7. The van der Waals surface area contributed by atoms with Crippen LogP contribution in [0.15, 0.2) is 24.3 Å². The van der Waals surface area contributed by atoms with E-state index in [-0.39, 0.29) is 18.0 Å². The average molecular weight is 265 g/mol. The van der Waals surface area contributed by atoms with E-state index >= 15 is 0 Å². The molecule has 1 aromatic rings. The lowest BCUT2D eigenvalue weighted by Gasteiger charge is -2.25. The number of benzene rings is 1. The Kier molecular flexibility index (Phi) is 4.94. The van der Waals surface area contributed by atoms with Gasteiger partial charge < -0.3 is 10.1 Å². The van der Waals surface area contributed by atoms with Gasteiger partial charge >= 0.3 is 0 Å². The Morgan fingerprint density at radius 1 is 1.32 bits per heavy atom. The van der Waals surface area contributed by atoms with Crippen molar-refractivity contribution in [1.29, 1.82) is 0 Å². The Morgan fingerprint density at radius 3 is 2.63 bits per heavy atom. The highest BCUT2D eigenvalue weighted by Gasteiger charge is 2.24. The van der Waals surface area contributed by atoms with E-state index in [4.69, 9.17) is 4.74 Å². The molecule has 0 spiro atoms. The van der Waals surface area contributed by atoms with Crippen LogP contribution in [-0.4, -0.2) is 18.7 Å². The standard InChI is InChI=1S/C16H24FNO/c1-11(2)12(3)19-16(10-18-15-7-8-15)13-5-4-6-14(17)9-13/h4-6,9,11-12,15-16,18H,7-8,10H2,1-3H3. The largest absolute Gasteiger partial charge is 0.369 e. The number of hydrogen-bond acceptors (Lipinski definition) is 2. The van der Waals surface area contributed by atoms with Gasteiger partial charge in [0.2, 0.25) is 0 Å². The minimum Gasteiger partial charge on any atom is -0.369 e. The van der Waals surface area contributed by atoms with E-state index < -0.39 is 0 Å². The predicted octanol–water partition coefficient (Wildman–Crippen LogP) is 3.68. The second-order valence-electron chi connectivity index (χ2n) is 5.81. The van der Waals surface area contributed by atoms with Crippen LogP contribution in [0.25, 0.3) is 0 Å². The van der Waals surface area contributed by atoms with Crippen LogP contribution in [0.1, 0.15) is 45.3 Å². The summed E-state index contributed by atoms with van der Waals surface area (Å²) in [6.45, 7) is 7.11. The first-order valence-electron chi connectivity index (χ1n) is 7.20. The summed E-state index contributed by atoms with van der Waals surface area (Å²) in [5.74, 6) is 0.256. The molecule has 2 unspecified atom stereocenters. The quantitative estimate of drug-likeness (QED) is 0.812. The van der Waals surface area contributed by atoms with Crippen LogP contribution in [0.2, 0.25) is 0 Å². The monoisotopic (exact) mass is 265 g/mol. The molecule has 1 aliphatic carbocycles. The SMILES string of the molecule is CC(C)C(C)OC(CNC1CC1)c1cccc(F)c1. The van der Waals surface area contributed by atoms with E-state index in [1.165, 1.54) is 18.9 Å². The number of hydrogen-bond donors (Lipinski definition) is 1. The third-order valence-corrected chi connectivity index (χ3v) is 3.71. The molecule has 0 amide bonds. The Morgan fingerprint density at radius 2 is 2.05 bits per heavy atom. The lowest BCUT2D eigenvalue weighted by atomic mass is 10.1. The molecule has 2 nitrogen and oxygen atoms in total. The summed E-state index contributed by atoms with van der Waals surface area (Å²) >= 11 is 0. The smallest absolute Gasteiger partial charge is 0.123 e. The van der Waals surface area contributed by atoms with Gasteiger partial charge in [-0.15, -0.1) is 0 Å². The normalized spacial score (nSPS) is 18.6. The molecule has 106 valence electrons. The van der Waals surface area contributed by atoms with Gasteiger partial charge in [-0.3, -0.25) is 0 Å². The molecule has 0 aliphatic heterocycles. The van der Waals surface area contributed by atoms with Gasteiger partial charge in [0.25, 0.3) is 0 Å². The summed E-state index contributed by atoms with van der Waals surface area (Å²) in [6, 6.07) is 7.37. The van der Waals surface area contributed by atoms with Gasteiger partial charge in [-0.2, -0.15) is 0 Å². The van der Waals surface area contributed by atoms with Crippen molar-refractivity contribution in [3.05, 3.63) is 35.6 Å². The maximum absolute atomic E-state index is 13.4. The highest BCUT2D eigenvalue weighted by atomic mass is 19.1. The third kappa shape index (κ3) is 4.59. The fourth-order valence-corrected chi connectivity index (χ4v) is 1.93. The van der Waals surface area contributed by atoms with Crippen molar-refractivity contribution in [2.24, 2.45) is 5.92 Å². The van der Waals surface area contributed by atoms with E-state index in [2.05, 4.69) is 26.1 Å². The molecule has 0 saturated heterocycles. The van der Waals surface area contributed by atoms with Crippen LogP contribution in [-0.2, 0) is 4.74 Å². The maximum Gasteiger partial charge on any atom is 0.123 e. The lowest BCUT2D eigenvalue weighted by Crippen LogP contribution is -2.29. The fraction of sp³-hybridized carbons (Fsp3) is 0.625. The first-order chi connectivity index (χ1) is 9.06. The van der Waals surface area contributed by atoms with Crippen LogP contribution in [0.4, 0.5) is 4.39 Å². The molecule has 2 rings (SSSR count). The van der Waals surface area contributed by atoms with Crippen molar-refractivity contribution in [2.75, 3.05) is 6.54 Å². The topological polar surface area (TPSA) is 21.3 Å². The highest BCUT2D eigenvalue weighted by molar-refractivity contribution is 5.19. The number of ether oxygens (including phenoxy) is 1. The summed E-state index contributed by atoms with van der Waals surface area (Å²) in [5, 5.41) is 3.47. The van der Waals surface area contributed by atoms with Crippen molar-refractivity contribution in [3.63, 3.8) is 0 Å². The molecular weight excluding hydrogens is 241 g/mol. The average Bonchev–Trinajstić information content (AvgIpc) is 3.18. The molecule has 1 fully saturated rings. The molecular formula is C16H24FNO. The van der Waals surface area contributed by atoms with Gasteiger partial charge in [0, 0.05) is 12.6 Å². The minimum atomic E-state index is -0.199. The molecule has 1 N–H and O–H groups in total. The van der Waals surface area contributed by atoms with Crippen LogP contribution in [0.5, 0.6) is 0 Å². The summed E-state index contributed by atoms with van der Waals surface area (Å²) in [5.41, 5.74) is 0.917. The van der Waals surface area contributed by atoms with Crippen molar-refractivity contribution in [2.45, 2.75) is 51.9 Å². The highest BCUT2D eigenvalue weighted by Crippen LogP contribution is 2.24. The van der Waals surface area contributed by atoms with E-state index in [9.17, 15) is 4.39 Å². The zero-order valence-corrected chi connectivity index (χ0v) is 12.0. The third-order valence-electron chi connectivity index (χ3n) is 3.71. The molecule has 1 saturated carbocycles. The number of halogens is 1. The van der Waals surface area contributed by atoms with E-state index in [1.54, 1.807) is 12.1 Å². The molecule has 2 atom stereocenters. The molecule has 0 bridgehead atoms. The van der Waals surface area contributed by atoms with Crippen LogP contribution in [0, 0.1) is 11.7 Å². The van der Waals surface area contributed by atoms with E-state index in [0.29, 0.717) is 12.0 Å². The molecule has 3 heteroatoms. The van der Waals surface area contributed by atoms with Crippen molar-refractivity contribution in [3.8, 4) is 0 Å². The molecule has 19 heavy (non-hydrogen) atoms. The Balaban J connectivity index is 2.03. The maximum atomic E-state index is 13.4. The lowest BCUT2D eigenvalue weighted by molar-refractivity contribution is -0.0262. The minimum absolute atomic E-state index is 0.0753. The van der Waals surface area contributed by atoms with Gasteiger partial charge in [0.05, 0.1) is 12.2 Å². The summed E-state index contributed by atoms with van der Waals surface area (Å²) in [6.07, 6.45) is 2.58. The predicted molar refractivity (Wildman–Crippen MR) is 75.6 cm³/mol. The fourth-order valence-electron chi connectivity index (χ4n) is 1.93. The molecule has 1 aromatic carbocycles. The Bertz CT molecular complexity index is 403. The summed E-state index contributed by atoms with van der Waals surface area (Å²) < 4.78 is 19.5. The number of nitrogens with one attached hydrogen (secondary N) is 1. The van der Waals surface area contributed by atoms with Gasteiger partial charge in [0.15, 0.2) is 0 Å². The van der Waals surface area contributed by atoms with Crippen molar-refractivity contribution in [1.82, 2.24) is 5.32 Å². The van der Waals surface area contributed by atoms with Gasteiger partial charge in [-0.25, -0.2) is 4.39 Å². The Hall–Kier alpha value is -0.930. The zero-order chi connectivity index (χ0) is 13.8. The zero-order valence-electron chi connectivity index (χ0n) is 12.0. The van der Waals surface area contributed by atoms with Crippen LogP contribution >= 0.6 is 0 Å². The first-order valence-corrected chi connectivity index (χ1v) is 7.20. The molecule has 1 aliphatic rings. The molecule has 0 aromatic heterocycles. The van der Waals surface area contributed by atoms with Gasteiger partial charge in [0.1, 0.15) is 5.82 Å². The van der Waals surface area contributed by atoms with E-state index in [1.807, 2.05) is 6.07 Å². The van der Waals surface area contributed by atoms with Crippen LogP contribution < -0.4 is 5.32 Å².